The van der Waals surface area contributed by atoms with Gasteiger partial charge in [0.05, 0.1) is 7.11 Å². The molecule has 0 spiro atoms. The zero-order valence-corrected chi connectivity index (χ0v) is 19.2. The summed E-state index contributed by atoms with van der Waals surface area (Å²) in [6, 6.07) is 12.5. The molecule has 31 heavy (non-hydrogen) atoms. The molecule has 1 heterocycles. The number of aromatic nitrogens is 1. The summed E-state index contributed by atoms with van der Waals surface area (Å²) in [7, 11) is 1.71. The average Bonchev–Trinajstić information content (AvgIpc) is 3.60. The number of aryl methyl sites for hydroxylation is 1. The van der Waals surface area contributed by atoms with Crippen molar-refractivity contribution >= 4 is 5.91 Å². The Morgan fingerprint density at radius 2 is 2.10 bits per heavy atom. The van der Waals surface area contributed by atoms with Crippen LogP contribution >= 0.6 is 0 Å². The van der Waals surface area contributed by atoms with Gasteiger partial charge in [0.1, 0.15) is 5.75 Å². The molecule has 1 aliphatic carbocycles. The summed E-state index contributed by atoms with van der Waals surface area (Å²) >= 11 is 0. The Hall–Kier alpha value is -2.62. The smallest absolute Gasteiger partial charge is 0.243 e. The van der Waals surface area contributed by atoms with Gasteiger partial charge in [-0.15, -0.1) is 0 Å². The molecule has 0 bridgehead atoms. The number of hydrogen-bond donors (Lipinski definition) is 1. The summed E-state index contributed by atoms with van der Waals surface area (Å²) in [5.41, 5.74) is 2.59. The molecular formula is C27H36N2O2. The quantitative estimate of drug-likeness (QED) is 0.358. The largest absolute Gasteiger partial charge is 0.497 e. The number of benzene rings is 1. The maximum Gasteiger partial charge on any atom is 0.243 e. The fourth-order valence-corrected chi connectivity index (χ4v) is 4.69. The topological polar surface area (TPSA) is 51.2 Å². The maximum atomic E-state index is 12.4. The minimum atomic E-state index is -0.00319. The minimum absolute atomic E-state index is 0.00319. The van der Waals surface area contributed by atoms with Crippen molar-refractivity contribution in [1.82, 2.24) is 10.3 Å². The molecule has 4 nitrogen and oxygen atoms in total. The second kappa shape index (κ2) is 10.6. The number of amides is 1. The highest BCUT2D eigenvalue weighted by Gasteiger charge is 2.55. The molecular weight excluding hydrogens is 384 g/mol. The van der Waals surface area contributed by atoms with Gasteiger partial charge in [-0.05, 0) is 79.3 Å². The standard InChI is InChI=1S/C27H36N2O2/c1-4-14-26(2,23-11-7-12-24(20-23)31-3)27(16-17-27)15-13-25(30)29-19-6-5-9-22-10-8-18-28-21-22/h7-8,10-13,15,18,20-21H,4-6,9,14,16-17,19H2,1-3H3,(H,29,30)/t26-/m1/s1. The van der Waals surface area contributed by atoms with Crippen molar-refractivity contribution in [2.24, 2.45) is 5.41 Å². The molecule has 0 saturated heterocycles. The molecule has 0 aliphatic heterocycles. The second-order valence-electron chi connectivity index (χ2n) is 8.91. The fraction of sp³-hybridized carbons (Fsp3) is 0.481. The van der Waals surface area contributed by atoms with Gasteiger partial charge in [0, 0.05) is 24.4 Å². The predicted molar refractivity (Wildman–Crippen MR) is 126 cm³/mol. The van der Waals surface area contributed by atoms with Crippen LogP contribution in [0.15, 0.2) is 60.9 Å². The van der Waals surface area contributed by atoms with Gasteiger partial charge >= 0.3 is 0 Å². The first-order valence-corrected chi connectivity index (χ1v) is 11.5. The molecule has 3 rings (SSSR count). The van der Waals surface area contributed by atoms with Gasteiger partial charge in [-0.1, -0.05) is 44.5 Å². The Morgan fingerprint density at radius 3 is 2.77 bits per heavy atom. The van der Waals surface area contributed by atoms with E-state index in [1.807, 2.05) is 18.3 Å². The van der Waals surface area contributed by atoms with E-state index in [4.69, 9.17) is 4.74 Å². The number of pyridine rings is 1. The monoisotopic (exact) mass is 420 g/mol. The number of nitrogens with zero attached hydrogens (tertiary/aromatic N) is 1. The van der Waals surface area contributed by atoms with Crippen molar-refractivity contribution in [3.63, 3.8) is 0 Å². The summed E-state index contributed by atoms with van der Waals surface area (Å²) in [6.45, 7) is 5.29. The van der Waals surface area contributed by atoms with Gasteiger partial charge in [0.2, 0.25) is 5.91 Å². The van der Waals surface area contributed by atoms with Crippen LogP contribution in [0.3, 0.4) is 0 Å². The number of ether oxygens (including phenoxy) is 1. The van der Waals surface area contributed by atoms with Crippen molar-refractivity contribution in [3.05, 3.63) is 72.1 Å². The van der Waals surface area contributed by atoms with E-state index in [2.05, 4.69) is 54.5 Å². The van der Waals surface area contributed by atoms with Crippen molar-refractivity contribution in [1.29, 1.82) is 0 Å². The summed E-state index contributed by atoms with van der Waals surface area (Å²) in [6.07, 6.45) is 15.1. The Bertz CT molecular complexity index is 874. The first-order chi connectivity index (χ1) is 15.0. The third-order valence-electron chi connectivity index (χ3n) is 6.81. The van der Waals surface area contributed by atoms with Gasteiger partial charge in [0.25, 0.3) is 0 Å². The van der Waals surface area contributed by atoms with E-state index in [1.165, 1.54) is 11.1 Å². The third-order valence-corrected chi connectivity index (χ3v) is 6.81. The number of hydrogen-bond acceptors (Lipinski definition) is 3. The van der Waals surface area contributed by atoms with Gasteiger partial charge in [0.15, 0.2) is 0 Å². The third kappa shape index (κ3) is 5.75. The lowest BCUT2D eigenvalue weighted by atomic mass is 9.66. The summed E-state index contributed by atoms with van der Waals surface area (Å²) < 4.78 is 5.47. The van der Waals surface area contributed by atoms with Crippen LogP contribution in [0, 0.1) is 5.41 Å². The summed E-state index contributed by atoms with van der Waals surface area (Å²) in [5, 5.41) is 3.05. The molecule has 1 fully saturated rings. The van der Waals surface area contributed by atoms with E-state index in [0.717, 1.165) is 50.7 Å². The summed E-state index contributed by atoms with van der Waals surface area (Å²) in [5.74, 6) is 0.903. The first kappa shape index (κ1) is 23.1. The highest BCUT2D eigenvalue weighted by atomic mass is 16.5. The maximum absolute atomic E-state index is 12.4. The van der Waals surface area contributed by atoms with Crippen LogP contribution in [0.4, 0.5) is 0 Å². The Morgan fingerprint density at radius 1 is 1.26 bits per heavy atom. The molecule has 1 aromatic carbocycles. The van der Waals surface area contributed by atoms with E-state index in [-0.39, 0.29) is 16.7 Å². The van der Waals surface area contributed by atoms with Crippen LogP contribution in [0.5, 0.6) is 5.75 Å². The molecule has 4 heteroatoms. The zero-order valence-electron chi connectivity index (χ0n) is 19.2. The van der Waals surface area contributed by atoms with Crippen molar-refractivity contribution in [2.75, 3.05) is 13.7 Å². The molecule has 1 aromatic heterocycles. The molecule has 2 aromatic rings. The number of rotatable bonds is 12. The van der Waals surface area contributed by atoms with Crippen LogP contribution in [-0.2, 0) is 16.6 Å². The molecule has 0 radical (unpaired) electrons. The molecule has 1 atom stereocenters. The van der Waals surface area contributed by atoms with Crippen LogP contribution < -0.4 is 10.1 Å². The normalized spacial score (nSPS) is 16.6. The molecule has 1 amide bonds. The Kier molecular flexibility index (Phi) is 7.89. The first-order valence-electron chi connectivity index (χ1n) is 11.5. The second-order valence-corrected chi connectivity index (χ2v) is 8.91. The van der Waals surface area contributed by atoms with Crippen molar-refractivity contribution in [3.8, 4) is 5.75 Å². The van der Waals surface area contributed by atoms with Crippen molar-refractivity contribution < 1.29 is 9.53 Å². The van der Waals surface area contributed by atoms with Crippen molar-refractivity contribution in [2.45, 2.75) is 64.2 Å². The highest BCUT2D eigenvalue weighted by molar-refractivity contribution is 5.87. The average molecular weight is 421 g/mol. The molecule has 1 N–H and O–H groups in total. The van der Waals surface area contributed by atoms with Crippen LogP contribution in [-0.4, -0.2) is 24.5 Å². The lowest BCUT2D eigenvalue weighted by Crippen LogP contribution is -2.33. The van der Waals surface area contributed by atoms with E-state index < -0.39 is 0 Å². The van der Waals surface area contributed by atoms with E-state index in [1.54, 1.807) is 19.4 Å². The highest BCUT2D eigenvalue weighted by Crippen LogP contribution is 2.62. The number of methoxy groups -OCH3 is 1. The molecule has 0 unspecified atom stereocenters. The molecule has 166 valence electrons. The van der Waals surface area contributed by atoms with Crippen LogP contribution in [0.25, 0.3) is 0 Å². The summed E-state index contributed by atoms with van der Waals surface area (Å²) in [4.78, 5) is 16.6. The van der Waals surface area contributed by atoms with E-state index in [9.17, 15) is 4.79 Å². The van der Waals surface area contributed by atoms with Gasteiger partial charge in [-0.3, -0.25) is 9.78 Å². The number of carbonyl (C=O) groups excluding carboxylic acids is 1. The van der Waals surface area contributed by atoms with E-state index in [0.29, 0.717) is 6.54 Å². The lowest BCUT2D eigenvalue weighted by Gasteiger charge is -2.38. The van der Waals surface area contributed by atoms with Crippen LogP contribution in [0.1, 0.15) is 63.5 Å². The number of nitrogens with one attached hydrogen (secondary N) is 1. The van der Waals surface area contributed by atoms with E-state index >= 15 is 0 Å². The Balaban J connectivity index is 1.55. The number of unbranched alkanes of at least 4 members (excludes halogenated alkanes) is 1. The molecule has 1 saturated carbocycles. The van der Waals surface area contributed by atoms with Gasteiger partial charge in [-0.25, -0.2) is 0 Å². The Labute approximate surface area is 187 Å². The zero-order chi connectivity index (χ0) is 22.2. The fourth-order valence-electron chi connectivity index (χ4n) is 4.69. The minimum Gasteiger partial charge on any atom is -0.497 e. The SMILES string of the molecule is CCC[C@](C)(c1cccc(OC)c1)C1(C=CC(=O)NCCCCc2cccnc2)CC1. The van der Waals surface area contributed by atoms with Gasteiger partial charge in [-0.2, -0.15) is 0 Å². The number of allylic oxidation sites excluding steroid dienone is 1. The lowest BCUT2D eigenvalue weighted by molar-refractivity contribution is -0.116. The van der Waals surface area contributed by atoms with Gasteiger partial charge < -0.3 is 10.1 Å². The predicted octanol–water partition coefficient (Wildman–Crippen LogP) is 5.62. The number of carbonyl (C=O) groups is 1. The van der Waals surface area contributed by atoms with Crippen LogP contribution in [0.2, 0.25) is 0 Å². The molecule has 1 aliphatic rings.